The van der Waals surface area contributed by atoms with Gasteiger partial charge in [-0.25, -0.2) is 4.79 Å². The number of nitrogens with one attached hydrogen (secondary N) is 3. The van der Waals surface area contributed by atoms with Gasteiger partial charge in [0.05, 0.1) is 21.3 Å². The Hall–Kier alpha value is -6.54. The molecule has 0 aromatic heterocycles. The molecule has 8 aromatic carbocycles. The quantitative estimate of drug-likeness (QED) is 0.0546. The van der Waals surface area contributed by atoms with Crippen LogP contribution in [0.25, 0.3) is 0 Å². The Morgan fingerprint density at radius 3 is 0.884 bits per heavy atom. The fourth-order valence-corrected chi connectivity index (χ4v) is 11.1. The van der Waals surface area contributed by atoms with E-state index in [1.807, 2.05) is 250 Å². The van der Waals surface area contributed by atoms with Gasteiger partial charge >= 0.3 is 17.9 Å². The van der Waals surface area contributed by atoms with Crippen LogP contribution in [0.4, 0.5) is 0 Å². The lowest BCUT2D eigenvalue weighted by molar-refractivity contribution is -0.143. The summed E-state index contributed by atoms with van der Waals surface area (Å²) in [6, 6.07) is 76.4. The summed E-state index contributed by atoms with van der Waals surface area (Å²) in [6.07, 6.45) is 0. The summed E-state index contributed by atoms with van der Waals surface area (Å²) in [5.41, 5.74) is 7.25. The van der Waals surface area contributed by atoms with Crippen molar-refractivity contribution in [1.82, 2.24) is 16.0 Å². The van der Waals surface area contributed by atoms with E-state index in [2.05, 4.69) is 121 Å². The first-order valence-corrected chi connectivity index (χ1v) is 31.4. The molecular formula is C68H69Br6N3O9. The van der Waals surface area contributed by atoms with Crippen molar-refractivity contribution in [1.29, 1.82) is 0 Å². The van der Waals surface area contributed by atoms with Crippen molar-refractivity contribution >= 4 is 131 Å². The molecule has 18 heteroatoms. The Morgan fingerprint density at radius 1 is 0.337 bits per heavy atom. The van der Waals surface area contributed by atoms with Gasteiger partial charge in [-0.2, -0.15) is 0 Å². The van der Waals surface area contributed by atoms with E-state index in [4.69, 9.17) is 4.74 Å². The highest BCUT2D eigenvalue weighted by Gasteiger charge is 2.41. The summed E-state index contributed by atoms with van der Waals surface area (Å²) in [4.78, 5) is 68.9. The van der Waals surface area contributed by atoms with Crippen molar-refractivity contribution in [3.05, 3.63) is 287 Å². The third-order valence-electron chi connectivity index (χ3n) is 12.6. The lowest BCUT2D eigenvalue weighted by atomic mass is 9.90. The van der Waals surface area contributed by atoms with E-state index < -0.39 is 17.3 Å². The van der Waals surface area contributed by atoms with E-state index in [0.717, 1.165) is 44.5 Å². The largest absolute Gasteiger partial charge is 0.468 e. The molecule has 12 nitrogen and oxygen atoms in total. The van der Waals surface area contributed by atoms with E-state index >= 15 is 0 Å². The van der Waals surface area contributed by atoms with Crippen LogP contribution in [-0.2, 0) is 60.3 Å². The summed E-state index contributed by atoms with van der Waals surface area (Å²) in [5.74, 6) is -1.06. The predicted molar refractivity (Wildman–Crippen MR) is 365 cm³/mol. The molecule has 0 fully saturated rings. The van der Waals surface area contributed by atoms with Gasteiger partial charge in [0.2, 0.25) is 17.7 Å². The van der Waals surface area contributed by atoms with Gasteiger partial charge in [0.15, 0.2) is 8.65 Å². The first kappa shape index (κ1) is 73.7. The van der Waals surface area contributed by atoms with E-state index in [-0.39, 0.29) is 45.3 Å². The number of esters is 3. The number of methoxy groups -OCH3 is 3. The van der Waals surface area contributed by atoms with Gasteiger partial charge in [-0.05, 0) is 58.4 Å². The maximum atomic E-state index is 12.3. The minimum absolute atomic E-state index is 0.0267. The van der Waals surface area contributed by atoms with Gasteiger partial charge in [-0.3, -0.25) is 24.0 Å². The fraction of sp³-hybridized carbons (Fsp3) is 0.206. The number of halogens is 6. The molecule has 0 saturated carbocycles. The van der Waals surface area contributed by atoms with Crippen LogP contribution in [0.15, 0.2) is 243 Å². The van der Waals surface area contributed by atoms with Crippen LogP contribution in [0.5, 0.6) is 0 Å². The zero-order valence-corrected chi connectivity index (χ0v) is 58.2. The van der Waals surface area contributed by atoms with Gasteiger partial charge < -0.3 is 30.2 Å². The molecule has 4 atom stereocenters. The topological polar surface area (TPSA) is 166 Å². The smallest absolute Gasteiger partial charge is 0.331 e. The molecule has 3 N–H and O–H groups in total. The van der Waals surface area contributed by atoms with Crippen LogP contribution >= 0.6 is 95.6 Å². The number of hydrogen-bond acceptors (Lipinski definition) is 9. The number of benzene rings is 8. The van der Waals surface area contributed by atoms with Crippen LogP contribution in [0, 0.1) is 0 Å². The first-order chi connectivity index (χ1) is 41.1. The van der Waals surface area contributed by atoms with Crippen molar-refractivity contribution in [2.24, 2.45) is 0 Å². The summed E-state index contributed by atoms with van der Waals surface area (Å²) < 4.78 is 11.0. The van der Waals surface area contributed by atoms with Crippen molar-refractivity contribution in [2.75, 3.05) is 42.5 Å². The molecule has 0 aliphatic carbocycles. The van der Waals surface area contributed by atoms with Gasteiger partial charge in [-0.1, -0.05) is 338 Å². The molecule has 86 heavy (non-hydrogen) atoms. The summed E-state index contributed by atoms with van der Waals surface area (Å²) in [6.45, 7) is 3.61. The Kier molecular flexibility index (Phi) is 32.5. The van der Waals surface area contributed by atoms with E-state index in [0.29, 0.717) is 0 Å². The average Bonchev–Trinajstić information content (AvgIpc) is 3.78. The van der Waals surface area contributed by atoms with Crippen LogP contribution in [0.3, 0.4) is 0 Å². The normalized spacial score (nSPS) is 12.4. The number of rotatable bonds is 14. The summed E-state index contributed by atoms with van der Waals surface area (Å²) >= 11 is 20.4. The zero-order chi connectivity index (χ0) is 63.8. The Labute approximate surface area is 555 Å². The van der Waals surface area contributed by atoms with Crippen molar-refractivity contribution < 1.29 is 43.0 Å². The highest BCUT2D eigenvalue weighted by molar-refractivity contribution is 9.10. The van der Waals surface area contributed by atoms with Crippen LogP contribution in [0.2, 0.25) is 0 Å². The Balaban J connectivity index is 0.000000273. The van der Waals surface area contributed by atoms with Crippen molar-refractivity contribution in [2.45, 2.75) is 40.8 Å². The van der Waals surface area contributed by atoms with Crippen LogP contribution in [-0.4, -0.2) is 78.1 Å². The minimum atomic E-state index is -0.954. The van der Waals surface area contributed by atoms with E-state index in [9.17, 15) is 28.8 Å². The number of carbonyl (C=O) groups is 6. The number of ether oxygens (including phenoxy) is 3. The molecule has 3 amide bonds. The lowest BCUT2D eigenvalue weighted by Crippen LogP contribution is -2.39. The fourth-order valence-electron chi connectivity index (χ4n) is 7.75. The van der Waals surface area contributed by atoms with Crippen molar-refractivity contribution in [3.8, 4) is 0 Å². The summed E-state index contributed by atoms with van der Waals surface area (Å²) in [7, 11) is 9.04. The molecule has 0 bridgehead atoms. The zero-order valence-electron chi connectivity index (χ0n) is 48.7. The molecule has 8 aromatic rings. The number of alkyl halides is 6. The maximum Gasteiger partial charge on any atom is 0.331 e. The van der Waals surface area contributed by atoms with Gasteiger partial charge in [-0.15, -0.1) is 0 Å². The van der Waals surface area contributed by atoms with Gasteiger partial charge in [0.1, 0.15) is 18.3 Å². The second-order valence-corrected chi connectivity index (χ2v) is 25.7. The molecule has 0 saturated heterocycles. The second kappa shape index (κ2) is 37.9. The molecule has 452 valence electrons. The Bertz CT molecular complexity index is 2980. The maximum absolute atomic E-state index is 12.3. The van der Waals surface area contributed by atoms with E-state index in [1.54, 1.807) is 28.1 Å². The highest BCUT2D eigenvalue weighted by atomic mass is 79.9. The molecular weight excluding hydrogens is 1480 g/mol. The molecule has 0 aliphatic heterocycles. The molecule has 0 aliphatic rings. The number of likely N-dealkylation sites (N-methyl/N-ethyl adjacent to an activating group) is 3. The Morgan fingerprint density at radius 2 is 0.605 bits per heavy atom. The molecule has 4 unspecified atom stereocenters. The molecule has 8 rings (SSSR count). The van der Waals surface area contributed by atoms with Crippen LogP contribution < -0.4 is 16.0 Å². The highest BCUT2D eigenvalue weighted by Crippen LogP contribution is 2.41. The second-order valence-electron chi connectivity index (χ2n) is 18.3. The molecule has 0 spiro atoms. The predicted octanol–water partition coefficient (Wildman–Crippen LogP) is 15.2. The average molecular weight is 1550 g/mol. The number of carbonyl (C=O) groups excluding carboxylic acids is 6. The minimum Gasteiger partial charge on any atom is -0.468 e. The van der Waals surface area contributed by atoms with Crippen molar-refractivity contribution in [3.63, 3.8) is 0 Å². The third-order valence-corrected chi connectivity index (χ3v) is 18.6. The molecule has 0 heterocycles. The standard InChI is InChI=1S/C15H14BrNO.C15H13BrO2.C10H12BrNO.C10H11BrO2.C9H10BrNO.C9H9BrO2/c1-17-14(18)15(16,12-8-4-2-5-9-12)13-10-6-3-7-11-13;1-18-14(17)15(16,12-8-4-2-5-9-12)13-10-6-3-7-11-13;1-10(11,9(13)12-2)8-6-4-3-5-7-8;1-10(11,9(12)13-2)8-6-4-3-5-7-8;1-11-9(12)8(10)7-5-3-2-4-6-7;1-12-9(11)8(10)7-5-3-2-4-6-7/h2-11H,1H3,(H,17,18);2-11H,1H3;3-7H,1-2H3,(H,12,13);3-7H,1-2H3;2-6,8H,1H3,(H,11,12);2-6,8H,1H3. The monoisotopic (exact) mass is 1550 g/mol. The van der Waals surface area contributed by atoms with Crippen LogP contribution in [0.1, 0.15) is 68.0 Å². The summed E-state index contributed by atoms with van der Waals surface area (Å²) in [5, 5.41) is 7.91. The first-order valence-electron chi connectivity index (χ1n) is 26.4. The number of hydrogen-bond donors (Lipinski definition) is 3. The lowest BCUT2D eigenvalue weighted by Gasteiger charge is -2.26. The third kappa shape index (κ3) is 21.4. The molecule has 0 radical (unpaired) electrons. The van der Waals surface area contributed by atoms with E-state index in [1.165, 1.54) is 21.3 Å². The SMILES string of the molecule is CNC(=O)C(Br)(c1ccccc1)c1ccccc1.CNC(=O)C(Br)c1ccccc1.CNC(=O)C(C)(Br)c1ccccc1.COC(=O)C(Br)(c1ccccc1)c1ccccc1.COC(=O)C(Br)c1ccccc1.COC(=O)C(C)(Br)c1ccccc1. The number of amides is 3. The van der Waals surface area contributed by atoms with Gasteiger partial charge in [0, 0.05) is 21.1 Å². The van der Waals surface area contributed by atoms with Gasteiger partial charge in [0.25, 0.3) is 0 Å².